The molecule has 7 nitrogen and oxygen atoms in total. The van der Waals surface area contributed by atoms with Crippen molar-refractivity contribution in [3.05, 3.63) is 11.1 Å². The summed E-state index contributed by atoms with van der Waals surface area (Å²) in [6.07, 6.45) is 2.88. The highest BCUT2D eigenvalue weighted by Gasteiger charge is 2.25. The van der Waals surface area contributed by atoms with E-state index in [0.717, 1.165) is 56.2 Å². The molecule has 0 spiro atoms. The van der Waals surface area contributed by atoms with Crippen LogP contribution in [0.3, 0.4) is 0 Å². The van der Waals surface area contributed by atoms with Crippen LogP contribution in [0.25, 0.3) is 11.3 Å². The van der Waals surface area contributed by atoms with Crippen LogP contribution in [0.5, 0.6) is 0 Å². The summed E-state index contributed by atoms with van der Waals surface area (Å²) in [5.74, 6) is 1.09. The van der Waals surface area contributed by atoms with Crippen molar-refractivity contribution in [3.63, 3.8) is 0 Å². The normalized spacial score (nSPS) is 19.1. The molecular formula is C17H27N7S. The van der Waals surface area contributed by atoms with Crippen molar-refractivity contribution in [2.24, 2.45) is 0 Å². The lowest BCUT2D eigenvalue weighted by Crippen LogP contribution is -2.50. The summed E-state index contributed by atoms with van der Waals surface area (Å²) in [7, 11) is 0. The summed E-state index contributed by atoms with van der Waals surface area (Å²) in [5.41, 5.74) is 8.01. The molecule has 4 heterocycles. The molecule has 3 N–H and O–H groups in total. The first kappa shape index (κ1) is 16.8. The number of aromatic nitrogens is 3. The van der Waals surface area contributed by atoms with E-state index in [-0.39, 0.29) is 0 Å². The van der Waals surface area contributed by atoms with Crippen LogP contribution in [0.1, 0.15) is 18.7 Å². The van der Waals surface area contributed by atoms with Gasteiger partial charge in [0.25, 0.3) is 0 Å². The molecule has 4 rings (SSSR count). The summed E-state index contributed by atoms with van der Waals surface area (Å²) < 4.78 is 0. The Balaban J connectivity index is 1.41. The first-order valence-electron chi connectivity index (χ1n) is 9.12. The molecule has 0 bridgehead atoms. The van der Waals surface area contributed by atoms with Gasteiger partial charge in [0.1, 0.15) is 5.82 Å². The second-order valence-corrected chi connectivity index (χ2v) is 8.28. The van der Waals surface area contributed by atoms with Crippen molar-refractivity contribution in [2.75, 3.05) is 56.4 Å². The first-order chi connectivity index (χ1) is 12.1. The molecule has 1 fully saturated rings. The Morgan fingerprint density at radius 2 is 2.00 bits per heavy atom. The third-order valence-corrected chi connectivity index (χ3v) is 6.28. The fourth-order valence-corrected chi connectivity index (χ4v) is 4.62. The summed E-state index contributed by atoms with van der Waals surface area (Å²) in [6.45, 7) is 12.3. The lowest BCUT2D eigenvalue weighted by Gasteiger charge is -2.37. The predicted molar refractivity (Wildman–Crippen MR) is 103 cm³/mol. The lowest BCUT2D eigenvalue weighted by molar-refractivity contribution is 0.110. The number of fused-ring (bicyclic) bond motifs is 3. The van der Waals surface area contributed by atoms with Crippen LogP contribution in [-0.2, 0) is 6.42 Å². The minimum absolute atomic E-state index is 0.647. The summed E-state index contributed by atoms with van der Waals surface area (Å²) in [6, 6.07) is 0.652. The van der Waals surface area contributed by atoms with Crippen molar-refractivity contribution in [1.82, 2.24) is 25.0 Å². The van der Waals surface area contributed by atoms with Gasteiger partial charge in [-0.2, -0.15) is 5.10 Å². The van der Waals surface area contributed by atoms with Crippen LogP contribution in [0, 0.1) is 0 Å². The second kappa shape index (κ2) is 6.93. The largest absolute Gasteiger partial charge is 0.375 e. The highest BCUT2D eigenvalue weighted by molar-refractivity contribution is 7.15. The fraction of sp³-hybridized carbons (Fsp3) is 0.647. The highest BCUT2D eigenvalue weighted by Crippen LogP contribution is 2.37. The van der Waals surface area contributed by atoms with E-state index in [1.165, 1.54) is 18.0 Å². The molecule has 2 aliphatic rings. The maximum atomic E-state index is 5.91. The van der Waals surface area contributed by atoms with Crippen LogP contribution in [0.2, 0.25) is 0 Å². The molecule has 136 valence electrons. The molecule has 0 atom stereocenters. The third kappa shape index (κ3) is 3.38. The van der Waals surface area contributed by atoms with Crippen molar-refractivity contribution in [3.8, 4) is 11.3 Å². The van der Waals surface area contributed by atoms with Crippen molar-refractivity contribution in [1.29, 1.82) is 0 Å². The topological polar surface area (TPSA) is 77.3 Å². The molecule has 0 aromatic carbocycles. The van der Waals surface area contributed by atoms with Crippen LogP contribution >= 0.6 is 11.3 Å². The molecule has 25 heavy (non-hydrogen) atoms. The van der Waals surface area contributed by atoms with Crippen LogP contribution in [0.4, 0.5) is 10.9 Å². The molecule has 2 aliphatic heterocycles. The Kier molecular flexibility index (Phi) is 4.66. The number of thiazole rings is 1. The quantitative estimate of drug-likeness (QED) is 0.859. The maximum absolute atomic E-state index is 5.91. The third-order valence-electron chi connectivity index (χ3n) is 5.34. The van der Waals surface area contributed by atoms with Crippen molar-refractivity contribution < 1.29 is 0 Å². The zero-order chi connectivity index (χ0) is 17.4. The second-order valence-electron chi connectivity index (χ2n) is 7.16. The molecule has 1 saturated heterocycles. The van der Waals surface area contributed by atoms with Crippen LogP contribution in [0.15, 0.2) is 6.20 Å². The van der Waals surface area contributed by atoms with E-state index in [4.69, 9.17) is 5.73 Å². The smallest absolute Gasteiger partial charge is 0.180 e. The number of hydrogen-bond acceptors (Lipinski definition) is 7. The first-order valence-corrected chi connectivity index (χ1v) is 9.93. The number of aromatic amines is 1. The van der Waals surface area contributed by atoms with E-state index in [9.17, 15) is 0 Å². The molecule has 0 amide bonds. The van der Waals surface area contributed by atoms with Crippen LogP contribution < -0.4 is 10.6 Å². The number of rotatable bonds is 4. The number of hydrogen-bond donors (Lipinski definition) is 2. The van der Waals surface area contributed by atoms with E-state index in [1.807, 2.05) is 6.20 Å². The SMILES string of the molecule is CC(C)N1CCN(CCN2CCc3sc(N)nc3-c3cn[nH]c32)CC1. The number of anilines is 2. The zero-order valence-electron chi connectivity index (χ0n) is 15.0. The van der Waals surface area contributed by atoms with Gasteiger partial charge >= 0.3 is 0 Å². The molecular weight excluding hydrogens is 334 g/mol. The zero-order valence-corrected chi connectivity index (χ0v) is 15.8. The van der Waals surface area contributed by atoms with Gasteiger partial charge < -0.3 is 10.6 Å². The van der Waals surface area contributed by atoms with E-state index in [2.05, 4.69) is 43.7 Å². The highest BCUT2D eigenvalue weighted by atomic mass is 32.1. The van der Waals surface area contributed by atoms with E-state index in [1.54, 1.807) is 11.3 Å². The Morgan fingerprint density at radius 3 is 2.76 bits per heavy atom. The number of piperazine rings is 1. The number of H-pyrrole nitrogens is 1. The average molecular weight is 362 g/mol. The number of nitrogens with one attached hydrogen (secondary N) is 1. The van der Waals surface area contributed by atoms with Gasteiger partial charge in [0, 0.05) is 63.2 Å². The summed E-state index contributed by atoms with van der Waals surface area (Å²) in [5, 5.41) is 8.09. The molecule has 0 unspecified atom stereocenters. The van der Waals surface area contributed by atoms with Gasteiger partial charge in [-0.1, -0.05) is 0 Å². The average Bonchev–Trinajstić information content (AvgIpc) is 3.19. The van der Waals surface area contributed by atoms with Gasteiger partial charge in [-0.05, 0) is 13.8 Å². The molecule has 0 aliphatic carbocycles. The predicted octanol–water partition coefficient (Wildman–Crippen LogP) is 1.50. The summed E-state index contributed by atoms with van der Waals surface area (Å²) >= 11 is 1.60. The number of nitrogens with zero attached hydrogens (tertiary/aromatic N) is 5. The minimum atomic E-state index is 0.647. The molecule has 8 heteroatoms. The molecule has 0 saturated carbocycles. The van der Waals surface area contributed by atoms with Gasteiger partial charge in [-0.3, -0.25) is 14.9 Å². The molecule has 2 aromatic heterocycles. The Bertz CT molecular complexity index is 714. The Hall–Kier alpha value is -1.64. The van der Waals surface area contributed by atoms with E-state index in [0.29, 0.717) is 11.2 Å². The van der Waals surface area contributed by atoms with Gasteiger partial charge in [-0.15, -0.1) is 11.3 Å². The lowest BCUT2D eigenvalue weighted by atomic mass is 10.2. The molecule has 2 aromatic rings. The van der Waals surface area contributed by atoms with Gasteiger partial charge in [0.15, 0.2) is 5.13 Å². The Morgan fingerprint density at radius 1 is 1.20 bits per heavy atom. The monoisotopic (exact) mass is 361 g/mol. The van der Waals surface area contributed by atoms with Gasteiger partial charge in [-0.25, -0.2) is 4.98 Å². The number of nitrogen functional groups attached to an aromatic ring is 1. The van der Waals surface area contributed by atoms with Crippen molar-refractivity contribution >= 4 is 22.3 Å². The number of nitrogens with two attached hydrogens (primary N) is 1. The van der Waals surface area contributed by atoms with Crippen LogP contribution in [-0.4, -0.2) is 76.8 Å². The molecule has 0 radical (unpaired) electrons. The summed E-state index contributed by atoms with van der Waals surface area (Å²) in [4.78, 5) is 13.4. The standard InChI is InChI=1S/C17H27N7S/c1-12(2)23-8-5-22(6-9-23)7-10-24-4-3-14-15(20-17(18)25-14)13-11-19-21-16(13)24/h11-12H,3-10H2,1-2H3,(H2,18,20)(H,19,21). The minimum Gasteiger partial charge on any atom is -0.375 e. The fourth-order valence-electron chi connectivity index (χ4n) is 3.78. The van der Waals surface area contributed by atoms with E-state index < -0.39 is 0 Å². The van der Waals surface area contributed by atoms with E-state index >= 15 is 0 Å². The van der Waals surface area contributed by atoms with Gasteiger partial charge in [0.2, 0.25) is 0 Å². The van der Waals surface area contributed by atoms with Crippen molar-refractivity contribution in [2.45, 2.75) is 26.3 Å². The maximum Gasteiger partial charge on any atom is 0.180 e. The van der Waals surface area contributed by atoms with Gasteiger partial charge in [0.05, 0.1) is 17.5 Å². The Labute approximate surface area is 152 Å².